The zero-order chi connectivity index (χ0) is 13.4. The van der Waals surface area contributed by atoms with Crippen LogP contribution in [0, 0.1) is 6.92 Å². The van der Waals surface area contributed by atoms with Crippen LogP contribution in [0.3, 0.4) is 0 Å². The van der Waals surface area contributed by atoms with E-state index in [4.69, 9.17) is 0 Å². The van der Waals surface area contributed by atoms with Gasteiger partial charge in [-0.25, -0.2) is 4.98 Å². The van der Waals surface area contributed by atoms with Crippen molar-refractivity contribution in [3.8, 4) is 0 Å². The summed E-state index contributed by atoms with van der Waals surface area (Å²) in [5, 5.41) is 6.35. The molecule has 98 valence electrons. The number of nitrogens with zero attached hydrogens (tertiary/aromatic N) is 5. The normalized spacial score (nSPS) is 12.8. The average molecular weight is 273 g/mol. The van der Waals surface area contributed by atoms with Crippen LogP contribution in [0.1, 0.15) is 23.5 Å². The van der Waals surface area contributed by atoms with Gasteiger partial charge in [-0.1, -0.05) is 6.07 Å². The van der Waals surface area contributed by atoms with Crippen LogP contribution >= 0.6 is 11.3 Å². The Morgan fingerprint density at radius 2 is 2.26 bits per heavy atom. The number of aryl methyl sites for hydroxylation is 1. The van der Waals surface area contributed by atoms with Gasteiger partial charge in [0.05, 0.1) is 6.04 Å². The fourth-order valence-electron chi connectivity index (χ4n) is 2.08. The number of aromatic nitrogens is 4. The van der Waals surface area contributed by atoms with Gasteiger partial charge in [0.25, 0.3) is 5.78 Å². The summed E-state index contributed by atoms with van der Waals surface area (Å²) in [6.45, 7) is 4.16. The molecule has 0 saturated heterocycles. The van der Waals surface area contributed by atoms with Crippen molar-refractivity contribution in [2.45, 2.75) is 19.9 Å². The Bertz CT molecular complexity index is 688. The summed E-state index contributed by atoms with van der Waals surface area (Å²) in [6.07, 6.45) is 1.54. The molecule has 0 aliphatic rings. The molecule has 0 amide bonds. The third-order valence-electron chi connectivity index (χ3n) is 3.26. The van der Waals surface area contributed by atoms with E-state index in [9.17, 15) is 0 Å². The highest BCUT2D eigenvalue weighted by Crippen LogP contribution is 2.28. The molecule has 3 rings (SSSR count). The van der Waals surface area contributed by atoms with E-state index in [2.05, 4.69) is 51.5 Å². The summed E-state index contributed by atoms with van der Waals surface area (Å²) in [6, 6.07) is 6.55. The molecular formula is C13H15N5S. The molecule has 0 spiro atoms. The molecular weight excluding hydrogens is 258 g/mol. The van der Waals surface area contributed by atoms with Crippen LogP contribution < -0.4 is 4.90 Å². The molecule has 0 radical (unpaired) electrons. The van der Waals surface area contributed by atoms with Crippen molar-refractivity contribution >= 4 is 22.9 Å². The summed E-state index contributed by atoms with van der Waals surface area (Å²) in [5.74, 6) is 1.64. The average Bonchev–Trinajstić information content (AvgIpc) is 3.06. The molecule has 5 nitrogen and oxygen atoms in total. The highest BCUT2D eigenvalue weighted by molar-refractivity contribution is 7.10. The molecule has 6 heteroatoms. The Morgan fingerprint density at radius 3 is 3.00 bits per heavy atom. The molecule has 0 saturated carbocycles. The van der Waals surface area contributed by atoms with Crippen LogP contribution in [0.4, 0.5) is 5.82 Å². The van der Waals surface area contributed by atoms with Crippen molar-refractivity contribution < 1.29 is 0 Å². The molecule has 1 unspecified atom stereocenters. The molecule has 19 heavy (non-hydrogen) atoms. The minimum Gasteiger partial charge on any atom is -0.352 e. The molecule has 3 heterocycles. The second-order valence-electron chi connectivity index (χ2n) is 4.53. The number of thiophene rings is 1. The van der Waals surface area contributed by atoms with Gasteiger partial charge in [-0.05, 0) is 25.3 Å². The summed E-state index contributed by atoms with van der Waals surface area (Å²) in [7, 11) is 2.07. The van der Waals surface area contributed by atoms with E-state index in [1.54, 1.807) is 15.9 Å². The fourth-order valence-corrected chi connectivity index (χ4v) is 2.91. The summed E-state index contributed by atoms with van der Waals surface area (Å²) in [5.41, 5.74) is 0.945. The third-order valence-corrected chi connectivity index (χ3v) is 4.30. The van der Waals surface area contributed by atoms with Crippen LogP contribution in [-0.2, 0) is 0 Å². The first-order valence-corrected chi connectivity index (χ1v) is 6.98. The van der Waals surface area contributed by atoms with Gasteiger partial charge in [0.2, 0.25) is 0 Å². The maximum atomic E-state index is 4.37. The monoisotopic (exact) mass is 273 g/mol. The first-order chi connectivity index (χ1) is 9.16. The Kier molecular flexibility index (Phi) is 2.94. The lowest BCUT2D eigenvalue weighted by atomic mass is 10.2. The molecule has 0 aliphatic carbocycles. The molecule has 0 aromatic carbocycles. The predicted octanol–water partition coefficient (Wildman–Crippen LogP) is 2.69. The predicted molar refractivity (Wildman–Crippen MR) is 76.7 cm³/mol. The van der Waals surface area contributed by atoms with Gasteiger partial charge < -0.3 is 4.90 Å². The summed E-state index contributed by atoms with van der Waals surface area (Å²) < 4.78 is 1.77. The van der Waals surface area contributed by atoms with Crippen LogP contribution in [-0.4, -0.2) is 26.6 Å². The van der Waals surface area contributed by atoms with Crippen LogP contribution in [0.25, 0.3) is 5.78 Å². The van der Waals surface area contributed by atoms with Crippen molar-refractivity contribution in [1.82, 2.24) is 19.6 Å². The van der Waals surface area contributed by atoms with Gasteiger partial charge in [-0.15, -0.1) is 11.3 Å². The lowest BCUT2D eigenvalue weighted by Crippen LogP contribution is -2.23. The zero-order valence-electron chi connectivity index (χ0n) is 11.1. The van der Waals surface area contributed by atoms with Crippen molar-refractivity contribution in [3.05, 3.63) is 40.5 Å². The van der Waals surface area contributed by atoms with Crippen molar-refractivity contribution in [1.29, 1.82) is 0 Å². The SMILES string of the molecule is Cc1cc(N(C)C(C)c2cccs2)n2ncnc2n1. The Hall–Kier alpha value is -1.95. The number of hydrogen-bond donors (Lipinski definition) is 0. The number of anilines is 1. The van der Waals surface area contributed by atoms with E-state index >= 15 is 0 Å². The van der Waals surface area contributed by atoms with Gasteiger partial charge in [-0.3, -0.25) is 0 Å². The maximum Gasteiger partial charge on any atom is 0.254 e. The van der Waals surface area contributed by atoms with Crippen LogP contribution in [0.15, 0.2) is 29.9 Å². The number of hydrogen-bond acceptors (Lipinski definition) is 5. The van der Waals surface area contributed by atoms with Crippen molar-refractivity contribution in [2.24, 2.45) is 0 Å². The van der Waals surface area contributed by atoms with E-state index in [0.717, 1.165) is 11.5 Å². The van der Waals surface area contributed by atoms with Gasteiger partial charge >= 0.3 is 0 Å². The van der Waals surface area contributed by atoms with Crippen molar-refractivity contribution in [2.75, 3.05) is 11.9 Å². The van der Waals surface area contributed by atoms with Gasteiger partial charge in [0.15, 0.2) is 0 Å². The van der Waals surface area contributed by atoms with Gasteiger partial charge in [0.1, 0.15) is 12.1 Å². The lowest BCUT2D eigenvalue weighted by molar-refractivity contribution is 0.719. The Morgan fingerprint density at radius 1 is 1.42 bits per heavy atom. The van der Waals surface area contributed by atoms with Gasteiger partial charge in [0, 0.05) is 23.7 Å². The van der Waals surface area contributed by atoms with E-state index in [-0.39, 0.29) is 6.04 Å². The highest BCUT2D eigenvalue weighted by atomic mass is 32.1. The second-order valence-corrected chi connectivity index (χ2v) is 5.51. The summed E-state index contributed by atoms with van der Waals surface area (Å²) in [4.78, 5) is 12.0. The Balaban J connectivity index is 2.06. The molecule has 3 aromatic heterocycles. The van der Waals surface area contributed by atoms with Crippen LogP contribution in [0.2, 0.25) is 0 Å². The minimum absolute atomic E-state index is 0.286. The van der Waals surface area contributed by atoms with E-state index in [1.165, 1.54) is 11.2 Å². The topological polar surface area (TPSA) is 46.3 Å². The van der Waals surface area contributed by atoms with E-state index < -0.39 is 0 Å². The third kappa shape index (κ3) is 2.08. The Labute approximate surface area is 115 Å². The number of fused-ring (bicyclic) bond motifs is 1. The van der Waals surface area contributed by atoms with Gasteiger partial charge in [-0.2, -0.15) is 14.6 Å². The first kappa shape index (κ1) is 12.1. The molecule has 3 aromatic rings. The summed E-state index contributed by atoms with van der Waals surface area (Å²) >= 11 is 1.76. The highest BCUT2D eigenvalue weighted by Gasteiger charge is 2.17. The smallest absolute Gasteiger partial charge is 0.254 e. The van der Waals surface area contributed by atoms with E-state index in [1.807, 2.05) is 13.0 Å². The lowest BCUT2D eigenvalue weighted by Gasteiger charge is -2.26. The maximum absolute atomic E-state index is 4.37. The molecule has 0 bridgehead atoms. The molecule has 0 aliphatic heterocycles. The number of rotatable bonds is 3. The molecule has 0 N–H and O–H groups in total. The largest absolute Gasteiger partial charge is 0.352 e. The fraction of sp³-hybridized carbons (Fsp3) is 0.308. The quantitative estimate of drug-likeness (QED) is 0.736. The second kappa shape index (κ2) is 4.62. The van der Waals surface area contributed by atoms with E-state index in [0.29, 0.717) is 5.78 Å². The first-order valence-electron chi connectivity index (χ1n) is 6.10. The standard InChI is InChI=1S/C13H15N5S/c1-9-7-12(18-13(16-9)14-8-15-18)17(3)10(2)11-5-4-6-19-11/h4-8,10H,1-3H3. The molecule has 1 atom stereocenters. The molecule has 0 fully saturated rings. The zero-order valence-corrected chi connectivity index (χ0v) is 11.9. The van der Waals surface area contributed by atoms with Crippen LogP contribution in [0.5, 0.6) is 0 Å². The minimum atomic E-state index is 0.286. The van der Waals surface area contributed by atoms with Crippen molar-refractivity contribution in [3.63, 3.8) is 0 Å².